The van der Waals surface area contributed by atoms with Crippen LogP contribution in [0.3, 0.4) is 0 Å². The summed E-state index contributed by atoms with van der Waals surface area (Å²) in [5, 5.41) is 0. The lowest BCUT2D eigenvalue weighted by molar-refractivity contribution is 0.0564. The molecule has 2 fully saturated rings. The van der Waals surface area contributed by atoms with Gasteiger partial charge in [-0.1, -0.05) is 37.9 Å². The van der Waals surface area contributed by atoms with Crippen LogP contribution < -0.4 is 5.73 Å². The van der Waals surface area contributed by atoms with E-state index in [9.17, 15) is 0 Å². The van der Waals surface area contributed by atoms with E-state index in [2.05, 4.69) is 23.6 Å². The first-order chi connectivity index (χ1) is 9.01. The zero-order valence-electron chi connectivity index (χ0n) is 12.5. The Morgan fingerprint density at radius 1 is 1.00 bits per heavy atom. The Labute approximate surface area is 123 Å². The van der Waals surface area contributed by atoms with Gasteiger partial charge >= 0.3 is 0 Å². The fourth-order valence-electron chi connectivity index (χ4n) is 3.42. The van der Waals surface area contributed by atoms with Crippen molar-refractivity contribution in [1.82, 2.24) is 9.80 Å². The van der Waals surface area contributed by atoms with E-state index in [1.54, 1.807) is 0 Å². The lowest BCUT2D eigenvalue weighted by atomic mass is 10.0. The van der Waals surface area contributed by atoms with Crippen molar-refractivity contribution in [2.45, 2.75) is 64.0 Å². The molecule has 0 aromatic heterocycles. The molecule has 2 N–H and O–H groups in total. The van der Waals surface area contributed by atoms with Crippen LogP contribution in [-0.2, 0) is 0 Å². The molecule has 0 aromatic rings. The monoisotopic (exact) mass is 283 g/mol. The van der Waals surface area contributed by atoms with Crippen LogP contribution in [0.15, 0.2) is 0 Å². The summed E-state index contributed by atoms with van der Waals surface area (Å²) in [6.07, 6.45) is 8.51. The van der Waals surface area contributed by atoms with Gasteiger partial charge in [-0.3, -0.25) is 9.80 Å². The highest BCUT2D eigenvalue weighted by atomic mass is 32.1. The Morgan fingerprint density at radius 2 is 1.53 bits per heavy atom. The highest BCUT2D eigenvalue weighted by molar-refractivity contribution is 7.80. The van der Waals surface area contributed by atoms with Gasteiger partial charge in [-0.2, -0.15) is 0 Å². The maximum Gasteiger partial charge on any atom is 0.0928 e. The van der Waals surface area contributed by atoms with E-state index in [0.717, 1.165) is 19.1 Å². The summed E-state index contributed by atoms with van der Waals surface area (Å²) in [4.78, 5) is 5.77. The molecule has 3 nitrogen and oxygen atoms in total. The van der Waals surface area contributed by atoms with E-state index < -0.39 is 0 Å². The Kier molecular flexibility index (Phi) is 5.21. The first kappa shape index (κ1) is 15.2. The maximum absolute atomic E-state index is 5.88. The average molecular weight is 283 g/mol. The molecular weight excluding hydrogens is 254 g/mol. The van der Waals surface area contributed by atoms with Crippen LogP contribution >= 0.6 is 12.2 Å². The number of hydrogen-bond acceptors (Lipinski definition) is 3. The van der Waals surface area contributed by atoms with E-state index in [4.69, 9.17) is 18.0 Å². The third-order valence-electron chi connectivity index (χ3n) is 5.05. The molecule has 0 spiro atoms. The average Bonchev–Trinajstić information content (AvgIpc) is 2.67. The van der Waals surface area contributed by atoms with Gasteiger partial charge in [0.2, 0.25) is 0 Å². The minimum atomic E-state index is -0.134. The van der Waals surface area contributed by atoms with Crippen molar-refractivity contribution in [3.8, 4) is 0 Å². The standard InChI is InChI=1S/C15H29N3S/c1-15(2,14(16)19)18-11-9-17(10-12-18)13-7-5-3-4-6-8-13/h13H,3-12H2,1-2H3,(H2,16,19). The quantitative estimate of drug-likeness (QED) is 0.637. The van der Waals surface area contributed by atoms with Gasteiger partial charge in [-0.15, -0.1) is 0 Å². The second-order valence-corrected chi connectivity index (χ2v) is 7.03. The van der Waals surface area contributed by atoms with Crippen molar-refractivity contribution < 1.29 is 0 Å². The topological polar surface area (TPSA) is 32.5 Å². The molecule has 0 unspecified atom stereocenters. The van der Waals surface area contributed by atoms with Crippen molar-refractivity contribution in [3.63, 3.8) is 0 Å². The second-order valence-electron chi connectivity index (χ2n) is 6.59. The highest BCUT2D eigenvalue weighted by Crippen LogP contribution is 2.24. The molecule has 2 aliphatic rings. The molecule has 0 atom stereocenters. The third kappa shape index (κ3) is 3.67. The van der Waals surface area contributed by atoms with Crippen LogP contribution in [0.2, 0.25) is 0 Å². The fraction of sp³-hybridized carbons (Fsp3) is 0.933. The molecule has 1 saturated carbocycles. The molecule has 110 valence electrons. The van der Waals surface area contributed by atoms with Gasteiger partial charge in [0, 0.05) is 32.2 Å². The van der Waals surface area contributed by atoms with Gasteiger partial charge in [0.1, 0.15) is 0 Å². The van der Waals surface area contributed by atoms with Crippen molar-refractivity contribution in [3.05, 3.63) is 0 Å². The zero-order chi connectivity index (χ0) is 13.9. The Hall–Kier alpha value is -0.190. The van der Waals surface area contributed by atoms with Crippen LogP contribution in [0.25, 0.3) is 0 Å². The summed E-state index contributed by atoms with van der Waals surface area (Å²) < 4.78 is 0. The number of thiocarbonyl (C=S) groups is 1. The van der Waals surface area contributed by atoms with Crippen LogP contribution in [0.4, 0.5) is 0 Å². The van der Waals surface area contributed by atoms with Crippen LogP contribution in [-0.4, -0.2) is 52.5 Å². The first-order valence-electron chi connectivity index (χ1n) is 7.81. The molecule has 1 aliphatic carbocycles. The molecule has 0 radical (unpaired) electrons. The Morgan fingerprint density at radius 3 is 2.00 bits per heavy atom. The third-order valence-corrected chi connectivity index (χ3v) is 5.55. The molecule has 19 heavy (non-hydrogen) atoms. The maximum atomic E-state index is 5.88. The van der Waals surface area contributed by atoms with E-state index in [1.165, 1.54) is 51.6 Å². The number of hydrogen-bond donors (Lipinski definition) is 1. The van der Waals surface area contributed by atoms with Gasteiger partial charge < -0.3 is 5.73 Å². The molecule has 2 rings (SSSR count). The van der Waals surface area contributed by atoms with E-state index in [0.29, 0.717) is 4.99 Å². The molecule has 0 amide bonds. The SMILES string of the molecule is CC(C)(C(N)=S)N1CCN(C2CCCCCC2)CC1. The summed E-state index contributed by atoms with van der Waals surface area (Å²) in [6, 6.07) is 0.831. The van der Waals surface area contributed by atoms with E-state index in [1.807, 2.05) is 0 Å². The summed E-state index contributed by atoms with van der Waals surface area (Å²) >= 11 is 5.21. The fourth-order valence-corrected chi connectivity index (χ4v) is 3.55. The first-order valence-corrected chi connectivity index (χ1v) is 8.21. The summed E-state index contributed by atoms with van der Waals surface area (Å²) in [5.74, 6) is 0. The summed E-state index contributed by atoms with van der Waals surface area (Å²) in [6.45, 7) is 8.85. The number of rotatable bonds is 3. The molecule has 1 heterocycles. The molecular formula is C15H29N3S. The highest BCUT2D eigenvalue weighted by Gasteiger charge is 2.33. The zero-order valence-corrected chi connectivity index (χ0v) is 13.3. The Bertz CT molecular complexity index is 301. The summed E-state index contributed by atoms with van der Waals surface area (Å²) in [7, 11) is 0. The smallest absolute Gasteiger partial charge is 0.0928 e. The molecule has 1 aliphatic heterocycles. The van der Waals surface area contributed by atoms with Gasteiger partial charge in [0.15, 0.2) is 0 Å². The predicted molar refractivity (Wildman–Crippen MR) is 85.5 cm³/mol. The van der Waals surface area contributed by atoms with E-state index >= 15 is 0 Å². The largest absolute Gasteiger partial charge is 0.392 e. The number of piperazine rings is 1. The van der Waals surface area contributed by atoms with E-state index in [-0.39, 0.29) is 5.54 Å². The predicted octanol–water partition coefficient (Wildman–Crippen LogP) is 2.39. The van der Waals surface area contributed by atoms with Gasteiger partial charge in [-0.25, -0.2) is 0 Å². The van der Waals surface area contributed by atoms with Crippen LogP contribution in [0, 0.1) is 0 Å². The van der Waals surface area contributed by atoms with Crippen molar-refractivity contribution in [2.24, 2.45) is 5.73 Å². The van der Waals surface area contributed by atoms with Crippen molar-refractivity contribution in [1.29, 1.82) is 0 Å². The minimum Gasteiger partial charge on any atom is -0.392 e. The normalized spacial score (nSPS) is 25.2. The second kappa shape index (κ2) is 6.51. The van der Waals surface area contributed by atoms with Crippen LogP contribution in [0.5, 0.6) is 0 Å². The van der Waals surface area contributed by atoms with Crippen molar-refractivity contribution >= 4 is 17.2 Å². The molecule has 1 saturated heterocycles. The number of nitrogens with zero attached hydrogens (tertiary/aromatic N) is 2. The van der Waals surface area contributed by atoms with Crippen LogP contribution in [0.1, 0.15) is 52.4 Å². The lowest BCUT2D eigenvalue weighted by Gasteiger charge is -2.45. The number of nitrogens with two attached hydrogens (primary N) is 1. The summed E-state index contributed by atoms with van der Waals surface area (Å²) in [5.41, 5.74) is 5.74. The molecule has 0 aromatic carbocycles. The van der Waals surface area contributed by atoms with Gasteiger partial charge in [0.05, 0.1) is 10.5 Å². The minimum absolute atomic E-state index is 0.134. The Balaban J connectivity index is 1.86. The van der Waals surface area contributed by atoms with Gasteiger partial charge in [-0.05, 0) is 26.7 Å². The van der Waals surface area contributed by atoms with Crippen molar-refractivity contribution in [2.75, 3.05) is 26.2 Å². The molecule has 4 heteroatoms. The lowest BCUT2D eigenvalue weighted by Crippen LogP contribution is -2.60. The van der Waals surface area contributed by atoms with Gasteiger partial charge in [0.25, 0.3) is 0 Å². The molecule has 0 bridgehead atoms.